The van der Waals surface area contributed by atoms with Crippen molar-refractivity contribution in [2.24, 2.45) is 5.92 Å². The monoisotopic (exact) mass is 346 g/mol. The van der Waals surface area contributed by atoms with Crippen LogP contribution < -0.4 is 5.56 Å². The van der Waals surface area contributed by atoms with Crippen molar-refractivity contribution in [3.05, 3.63) is 69.0 Å². The fourth-order valence-electron chi connectivity index (χ4n) is 4.39. The number of hydrogen-bond donors (Lipinski definition) is 1. The molecule has 0 saturated heterocycles. The van der Waals surface area contributed by atoms with Gasteiger partial charge in [0.1, 0.15) is 0 Å². The fraction of sp³-hybridized carbons (Fsp3) is 0.286. The minimum absolute atomic E-state index is 0.117. The van der Waals surface area contributed by atoms with Crippen molar-refractivity contribution >= 4 is 22.5 Å². The van der Waals surface area contributed by atoms with Crippen molar-refractivity contribution in [1.82, 2.24) is 9.78 Å². The van der Waals surface area contributed by atoms with Crippen LogP contribution in [0.2, 0.25) is 0 Å². The van der Waals surface area contributed by atoms with E-state index in [2.05, 4.69) is 5.10 Å². The van der Waals surface area contributed by atoms with E-state index in [-0.39, 0.29) is 17.1 Å². The molecule has 3 aromatic rings. The average Bonchev–Trinajstić information content (AvgIpc) is 3.28. The summed E-state index contributed by atoms with van der Waals surface area (Å²) < 4.78 is 1.61. The first-order valence-corrected chi connectivity index (χ1v) is 9.09. The van der Waals surface area contributed by atoms with Gasteiger partial charge in [-0.05, 0) is 30.9 Å². The second-order valence-electron chi connectivity index (χ2n) is 7.29. The van der Waals surface area contributed by atoms with Gasteiger partial charge in [-0.15, -0.1) is 0 Å². The lowest BCUT2D eigenvalue weighted by atomic mass is 9.83. The van der Waals surface area contributed by atoms with Gasteiger partial charge in [-0.1, -0.05) is 37.1 Å². The van der Waals surface area contributed by atoms with Gasteiger partial charge in [0.05, 0.1) is 16.5 Å². The van der Waals surface area contributed by atoms with Crippen LogP contribution in [0.5, 0.6) is 0 Å². The minimum atomic E-state index is -0.199. The number of benzene rings is 2. The SMILES string of the molecule is O=C1c2ccccc2C(=O)c2c1ccc1c(=O)n(CC3CCCC3)[nH]c21. The van der Waals surface area contributed by atoms with Crippen molar-refractivity contribution in [3.8, 4) is 0 Å². The molecule has 0 amide bonds. The molecule has 0 unspecified atom stereocenters. The lowest BCUT2D eigenvalue weighted by Crippen LogP contribution is -2.21. The average molecular weight is 346 g/mol. The number of ketones is 2. The Labute approximate surface area is 149 Å². The molecule has 0 bridgehead atoms. The van der Waals surface area contributed by atoms with Gasteiger partial charge in [0.2, 0.25) is 0 Å². The van der Waals surface area contributed by atoms with Crippen molar-refractivity contribution in [2.45, 2.75) is 32.2 Å². The normalized spacial score (nSPS) is 16.9. The predicted octanol–water partition coefficient (Wildman–Crippen LogP) is 3.30. The second-order valence-corrected chi connectivity index (χ2v) is 7.29. The third-order valence-corrected chi connectivity index (χ3v) is 5.73. The minimum Gasteiger partial charge on any atom is -0.294 e. The number of aromatic nitrogens is 2. The number of carbonyl (C=O) groups excluding carboxylic acids is 2. The number of aromatic amines is 1. The van der Waals surface area contributed by atoms with Gasteiger partial charge < -0.3 is 0 Å². The van der Waals surface area contributed by atoms with Crippen LogP contribution in [0.15, 0.2) is 41.2 Å². The molecule has 1 heterocycles. The van der Waals surface area contributed by atoms with E-state index in [4.69, 9.17) is 0 Å². The van der Waals surface area contributed by atoms with Gasteiger partial charge in [0, 0.05) is 23.2 Å². The van der Waals surface area contributed by atoms with Gasteiger partial charge in [0.15, 0.2) is 11.6 Å². The highest BCUT2D eigenvalue weighted by Crippen LogP contribution is 2.31. The van der Waals surface area contributed by atoms with Gasteiger partial charge in [-0.3, -0.25) is 24.2 Å². The zero-order valence-electron chi connectivity index (χ0n) is 14.2. The van der Waals surface area contributed by atoms with Crippen LogP contribution in [0.3, 0.4) is 0 Å². The van der Waals surface area contributed by atoms with Crippen molar-refractivity contribution in [2.75, 3.05) is 0 Å². The van der Waals surface area contributed by atoms with Crippen molar-refractivity contribution in [3.63, 3.8) is 0 Å². The summed E-state index contributed by atoms with van der Waals surface area (Å²) in [5.74, 6) is 0.131. The van der Waals surface area contributed by atoms with Gasteiger partial charge >= 0.3 is 0 Å². The third-order valence-electron chi connectivity index (χ3n) is 5.73. The Balaban J connectivity index is 1.70. The highest BCUT2D eigenvalue weighted by Gasteiger charge is 2.32. The van der Waals surface area contributed by atoms with E-state index in [1.54, 1.807) is 41.1 Å². The van der Waals surface area contributed by atoms with E-state index >= 15 is 0 Å². The molecule has 0 radical (unpaired) electrons. The van der Waals surface area contributed by atoms with Crippen LogP contribution in [0.25, 0.3) is 10.9 Å². The maximum Gasteiger partial charge on any atom is 0.274 e. The maximum atomic E-state index is 13.0. The summed E-state index contributed by atoms with van der Waals surface area (Å²) in [5.41, 5.74) is 1.90. The number of hydrogen-bond acceptors (Lipinski definition) is 3. The fourth-order valence-corrected chi connectivity index (χ4v) is 4.39. The maximum absolute atomic E-state index is 13.0. The smallest absolute Gasteiger partial charge is 0.274 e. The molecule has 5 rings (SSSR count). The van der Waals surface area contributed by atoms with Crippen LogP contribution in [-0.2, 0) is 6.54 Å². The molecule has 2 aliphatic carbocycles. The van der Waals surface area contributed by atoms with E-state index in [9.17, 15) is 14.4 Å². The molecule has 1 N–H and O–H groups in total. The van der Waals surface area contributed by atoms with Crippen LogP contribution in [-0.4, -0.2) is 21.3 Å². The van der Waals surface area contributed by atoms with Crippen LogP contribution in [0.1, 0.15) is 57.5 Å². The summed E-state index contributed by atoms with van der Waals surface area (Å²) >= 11 is 0. The number of nitrogens with one attached hydrogen (secondary N) is 1. The molecule has 1 aromatic heterocycles. The Bertz CT molecular complexity index is 1130. The summed E-state index contributed by atoms with van der Waals surface area (Å²) in [7, 11) is 0. The molecular formula is C21H18N2O3. The molecule has 2 aromatic carbocycles. The molecule has 26 heavy (non-hydrogen) atoms. The van der Waals surface area contributed by atoms with Gasteiger partial charge in [0.25, 0.3) is 5.56 Å². The lowest BCUT2D eigenvalue weighted by Gasteiger charge is -2.17. The van der Waals surface area contributed by atoms with Gasteiger partial charge in [-0.2, -0.15) is 0 Å². The Hall–Kier alpha value is -2.95. The summed E-state index contributed by atoms with van der Waals surface area (Å²) in [6.45, 7) is 0.640. The quantitative estimate of drug-likeness (QED) is 0.605. The molecule has 1 fully saturated rings. The zero-order chi connectivity index (χ0) is 17.8. The summed E-state index contributed by atoms with van der Waals surface area (Å²) in [6, 6.07) is 10.1. The Morgan fingerprint density at radius 2 is 1.58 bits per heavy atom. The first kappa shape index (κ1) is 15.3. The van der Waals surface area contributed by atoms with E-state index in [1.807, 2.05) is 0 Å². The first-order chi connectivity index (χ1) is 12.6. The highest BCUT2D eigenvalue weighted by molar-refractivity contribution is 6.31. The molecule has 5 nitrogen and oxygen atoms in total. The standard InChI is InChI=1S/C21H18N2O3/c24-19-13-7-3-4-8-14(13)20(25)17-15(19)9-10-16-18(17)22-23(21(16)26)11-12-5-1-2-6-12/h3-4,7-10,12,22H,1-2,5-6,11H2. The topological polar surface area (TPSA) is 71.9 Å². The summed E-state index contributed by atoms with van der Waals surface area (Å²) in [5, 5.41) is 3.61. The Morgan fingerprint density at radius 3 is 2.31 bits per heavy atom. The third kappa shape index (κ3) is 2.06. The molecule has 5 heteroatoms. The second kappa shape index (κ2) is 5.53. The predicted molar refractivity (Wildman–Crippen MR) is 97.8 cm³/mol. The lowest BCUT2D eigenvalue weighted by molar-refractivity contribution is 0.0980. The van der Waals surface area contributed by atoms with E-state index in [0.717, 1.165) is 12.8 Å². The van der Waals surface area contributed by atoms with E-state index in [0.29, 0.717) is 45.6 Å². The zero-order valence-corrected chi connectivity index (χ0v) is 14.2. The van der Waals surface area contributed by atoms with Crippen LogP contribution in [0.4, 0.5) is 0 Å². The first-order valence-electron chi connectivity index (χ1n) is 9.09. The van der Waals surface area contributed by atoms with Crippen molar-refractivity contribution < 1.29 is 9.59 Å². The van der Waals surface area contributed by atoms with E-state index in [1.165, 1.54) is 12.8 Å². The number of H-pyrrole nitrogens is 1. The molecule has 1 saturated carbocycles. The van der Waals surface area contributed by atoms with Crippen LogP contribution >= 0.6 is 0 Å². The Kier molecular flexibility index (Phi) is 3.26. The Morgan fingerprint density at radius 1 is 0.885 bits per heavy atom. The van der Waals surface area contributed by atoms with Crippen LogP contribution in [0, 0.1) is 5.92 Å². The molecule has 130 valence electrons. The van der Waals surface area contributed by atoms with Crippen molar-refractivity contribution in [1.29, 1.82) is 0 Å². The molecule has 0 spiro atoms. The number of nitrogens with zero attached hydrogens (tertiary/aromatic N) is 1. The molecular weight excluding hydrogens is 328 g/mol. The number of fused-ring (bicyclic) bond motifs is 4. The van der Waals surface area contributed by atoms with E-state index < -0.39 is 0 Å². The highest BCUT2D eigenvalue weighted by atomic mass is 16.1. The summed E-state index contributed by atoms with van der Waals surface area (Å²) in [4.78, 5) is 38.6. The molecule has 0 aliphatic heterocycles. The summed E-state index contributed by atoms with van der Waals surface area (Å²) in [6.07, 6.45) is 4.67. The number of rotatable bonds is 2. The largest absolute Gasteiger partial charge is 0.294 e. The van der Waals surface area contributed by atoms with Gasteiger partial charge in [-0.25, -0.2) is 0 Å². The molecule has 0 atom stereocenters. The molecule has 2 aliphatic rings. The number of carbonyl (C=O) groups is 2.